The molecule has 0 saturated carbocycles. The number of hydrogen-bond donors (Lipinski definition) is 0. The van der Waals surface area contributed by atoms with Gasteiger partial charge in [-0.25, -0.2) is 0 Å². The van der Waals surface area contributed by atoms with Crippen molar-refractivity contribution in [2.24, 2.45) is 0 Å². The zero-order valence-electron chi connectivity index (χ0n) is 8.98. The van der Waals surface area contributed by atoms with Crippen LogP contribution in [-0.4, -0.2) is 4.98 Å². The highest BCUT2D eigenvalue weighted by atomic mass is 14.6. The molecule has 2 aromatic rings. The van der Waals surface area contributed by atoms with E-state index < -0.39 is 0 Å². The van der Waals surface area contributed by atoms with Crippen LogP contribution in [0.25, 0.3) is 0 Å². The van der Waals surface area contributed by atoms with E-state index in [-0.39, 0.29) is 0 Å². The van der Waals surface area contributed by atoms with Gasteiger partial charge in [0.25, 0.3) is 0 Å². The maximum absolute atomic E-state index is 4.11. The van der Waals surface area contributed by atoms with Gasteiger partial charge < -0.3 is 0 Å². The first-order valence-corrected chi connectivity index (χ1v) is 5.35. The molecule has 0 amide bonds. The highest BCUT2D eigenvalue weighted by Gasteiger charge is 1.95. The van der Waals surface area contributed by atoms with Gasteiger partial charge in [0.2, 0.25) is 0 Å². The Morgan fingerprint density at radius 3 is 2.27 bits per heavy atom. The fraction of sp³-hybridized carbons (Fsp3) is 0.214. The molecule has 0 N–H and O–H groups in total. The molecular formula is C14H15N. The van der Waals surface area contributed by atoms with Crippen LogP contribution in [-0.2, 0) is 12.8 Å². The summed E-state index contributed by atoms with van der Waals surface area (Å²) in [6.07, 6.45) is 5.81. The van der Waals surface area contributed by atoms with Gasteiger partial charge in [-0.05, 0) is 35.6 Å². The van der Waals surface area contributed by atoms with Gasteiger partial charge in [-0.1, -0.05) is 37.3 Å². The average Bonchev–Trinajstić information content (AvgIpc) is 2.31. The molecule has 1 heterocycles. The quantitative estimate of drug-likeness (QED) is 0.736. The van der Waals surface area contributed by atoms with Crippen LogP contribution in [0, 0.1) is 0 Å². The van der Waals surface area contributed by atoms with Crippen molar-refractivity contribution in [3.63, 3.8) is 0 Å². The summed E-state index contributed by atoms with van der Waals surface area (Å²) in [5, 5.41) is 0. The molecule has 1 heteroatoms. The number of hydrogen-bond acceptors (Lipinski definition) is 1. The summed E-state index contributed by atoms with van der Waals surface area (Å²) >= 11 is 0. The van der Waals surface area contributed by atoms with E-state index in [1.165, 1.54) is 16.7 Å². The van der Waals surface area contributed by atoms with Gasteiger partial charge in [0.05, 0.1) is 0 Å². The Labute approximate surface area is 90.8 Å². The van der Waals surface area contributed by atoms with E-state index in [1.807, 2.05) is 18.5 Å². The van der Waals surface area contributed by atoms with Crippen LogP contribution in [0.15, 0.2) is 48.8 Å². The lowest BCUT2D eigenvalue weighted by molar-refractivity contribution is 1.11. The Morgan fingerprint density at radius 2 is 1.67 bits per heavy atom. The van der Waals surface area contributed by atoms with Crippen LogP contribution in [0.1, 0.15) is 23.6 Å². The summed E-state index contributed by atoms with van der Waals surface area (Å²) in [6, 6.07) is 12.9. The fourth-order valence-electron chi connectivity index (χ4n) is 1.63. The minimum Gasteiger partial charge on any atom is -0.264 e. The van der Waals surface area contributed by atoms with Gasteiger partial charge in [0.1, 0.15) is 0 Å². The molecule has 0 spiro atoms. The molecule has 76 valence electrons. The molecule has 0 atom stereocenters. The molecule has 1 nitrogen and oxygen atoms in total. The predicted molar refractivity (Wildman–Crippen MR) is 62.9 cm³/mol. The van der Waals surface area contributed by atoms with Gasteiger partial charge in [-0.15, -0.1) is 0 Å². The van der Waals surface area contributed by atoms with Crippen LogP contribution in [0.4, 0.5) is 0 Å². The molecule has 0 radical (unpaired) electrons. The molecule has 0 aliphatic rings. The molecule has 2 rings (SSSR count). The van der Waals surface area contributed by atoms with Crippen molar-refractivity contribution in [2.45, 2.75) is 19.8 Å². The lowest BCUT2D eigenvalue weighted by atomic mass is 10.0. The third-order valence-corrected chi connectivity index (χ3v) is 2.56. The molecular weight excluding hydrogens is 182 g/mol. The van der Waals surface area contributed by atoms with Crippen molar-refractivity contribution in [1.82, 2.24) is 4.98 Å². The van der Waals surface area contributed by atoms with E-state index in [9.17, 15) is 0 Å². The van der Waals surface area contributed by atoms with Gasteiger partial charge in [0, 0.05) is 12.4 Å². The summed E-state index contributed by atoms with van der Waals surface area (Å²) in [6.45, 7) is 2.18. The molecule has 0 aliphatic heterocycles. The normalized spacial score (nSPS) is 10.2. The number of benzene rings is 1. The molecule has 15 heavy (non-hydrogen) atoms. The van der Waals surface area contributed by atoms with Crippen molar-refractivity contribution in [3.05, 3.63) is 65.5 Å². The Kier molecular flexibility index (Phi) is 3.13. The maximum atomic E-state index is 4.11. The Balaban J connectivity index is 2.11. The molecule has 0 bridgehead atoms. The standard InChI is InChI=1S/C14H15N/c1-2-12-5-7-13(8-6-12)10-14-4-3-9-15-11-14/h3-9,11H,2,10H2,1H3. The fourth-order valence-corrected chi connectivity index (χ4v) is 1.63. The number of aromatic nitrogens is 1. The Morgan fingerprint density at radius 1 is 0.933 bits per heavy atom. The van der Waals surface area contributed by atoms with Gasteiger partial charge in [-0.3, -0.25) is 4.98 Å². The van der Waals surface area contributed by atoms with E-state index >= 15 is 0 Å². The van der Waals surface area contributed by atoms with Crippen LogP contribution in [0.3, 0.4) is 0 Å². The highest BCUT2D eigenvalue weighted by Crippen LogP contribution is 2.10. The van der Waals surface area contributed by atoms with Crippen LogP contribution in [0.2, 0.25) is 0 Å². The molecule has 0 unspecified atom stereocenters. The zero-order chi connectivity index (χ0) is 10.5. The topological polar surface area (TPSA) is 12.9 Å². The predicted octanol–water partition coefficient (Wildman–Crippen LogP) is 3.23. The molecule has 1 aromatic carbocycles. The van der Waals surface area contributed by atoms with E-state index in [1.54, 1.807) is 0 Å². The maximum Gasteiger partial charge on any atom is 0.0303 e. The molecule has 1 aromatic heterocycles. The van der Waals surface area contributed by atoms with Crippen LogP contribution in [0.5, 0.6) is 0 Å². The second-order valence-electron chi connectivity index (χ2n) is 3.71. The van der Waals surface area contributed by atoms with E-state index in [0.717, 1.165) is 12.8 Å². The van der Waals surface area contributed by atoms with Crippen LogP contribution >= 0.6 is 0 Å². The van der Waals surface area contributed by atoms with E-state index in [0.29, 0.717) is 0 Å². The number of pyridine rings is 1. The molecule has 0 aliphatic carbocycles. The van der Waals surface area contributed by atoms with Gasteiger partial charge in [-0.2, -0.15) is 0 Å². The summed E-state index contributed by atoms with van der Waals surface area (Å²) in [5.41, 5.74) is 4.01. The lowest BCUT2D eigenvalue weighted by Crippen LogP contribution is -1.89. The van der Waals surface area contributed by atoms with Crippen molar-refractivity contribution in [3.8, 4) is 0 Å². The minimum absolute atomic E-state index is 0.970. The zero-order valence-corrected chi connectivity index (χ0v) is 8.98. The largest absolute Gasteiger partial charge is 0.264 e. The van der Waals surface area contributed by atoms with Crippen molar-refractivity contribution in [2.75, 3.05) is 0 Å². The Bertz CT molecular complexity index is 403. The van der Waals surface area contributed by atoms with E-state index in [2.05, 4.69) is 42.2 Å². The third kappa shape index (κ3) is 2.66. The Hall–Kier alpha value is -1.63. The first-order chi connectivity index (χ1) is 7.38. The van der Waals surface area contributed by atoms with Crippen molar-refractivity contribution in [1.29, 1.82) is 0 Å². The average molecular weight is 197 g/mol. The SMILES string of the molecule is CCc1ccc(Cc2cccnc2)cc1. The monoisotopic (exact) mass is 197 g/mol. The third-order valence-electron chi connectivity index (χ3n) is 2.56. The summed E-state index contributed by atoms with van der Waals surface area (Å²) in [5.74, 6) is 0. The molecule has 0 fully saturated rings. The number of nitrogens with zero attached hydrogens (tertiary/aromatic N) is 1. The first kappa shape index (κ1) is 9.91. The highest BCUT2D eigenvalue weighted by molar-refractivity contribution is 5.27. The summed E-state index contributed by atoms with van der Waals surface area (Å²) in [4.78, 5) is 4.11. The lowest BCUT2D eigenvalue weighted by Gasteiger charge is -2.02. The second-order valence-corrected chi connectivity index (χ2v) is 3.71. The minimum atomic E-state index is 0.970. The summed E-state index contributed by atoms with van der Waals surface area (Å²) in [7, 11) is 0. The van der Waals surface area contributed by atoms with Gasteiger partial charge in [0.15, 0.2) is 0 Å². The van der Waals surface area contributed by atoms with Crippen molar-refractivity contribution >= 4 is 0 Å². The smallest absolute Gasteiger partial charge is 0.0303 e. The van der Waals surface area contributed by atoms with E-state index in [4.69, 9.17) is 0 Å². The van der Waals surface area contributed by atoms with Crippen molar-refractivity contribution < 1.29 is 0 Å². The number of rotatable bonds is 3. The molecule has 0 saturated heterocycles. The first-order valence-electron chi connectivity index (χ1n) is 5.35. The second kappa shape index (κ2) is 4.74. The van der Waals surface area contributed by atoms with Crippen LogP contribution < -0.4 is 0 Å². The number of aryl methyl sites for hydroxylation is 1. The van der Waals surface area contributed by atoms with Gasteiger partial charge >= 0.3 is 0 Å². The summed E-state index contributed by atoms with van der Waals surface area (Å²) < 4.78 is 0.